The molecule has 0 bridgehead atoms. The van der Waals surface area contributed by atoms with Crippen molar-refractivity contribution in [3.05, 3.63) is 64.7 Å². The Bertz CT molecular complexity index is 964. The number of carbonyl (C=O) groups excluding carboxylic acids is 1. The predicted octanol–water partition coefficient (Wildman–Crippen LogP) is 9.07. The molecule has 0 aliphatic heterocycles. The fourth-order valence-electron chi connectivity index (χ4n) is 5.41. The number of ether oxygens (including phenoxy) is 1. The third kappa shape index (κ3) is 8.81. The molecule has 2 aromatic rings. The zero-order valence-corrected chi connectivity index (χ0v) is 22.6. The summed E-state index contributed by atoms with van der Waals surface area (Å²) in [6, 6.07) is 17.1. The van der Waals surface area contributed by atoms with Crippen LogP contribution in [0.4, 0.5) is 0 Å². The molecule has 0 spiro atoms. The van der Waals surface area contributed by atoms with Gasteiger partial charge in [-0.3, -0.25) is 4.79 Å². The normalized spacial score (nSPS) is 17.5. The van der Waals surface area contributed by atoms with E-state index in [1.54, 1.807) is 6.07 Å². The first-order valence-corrected chi connectivity index (χ1v) is 14.5. The molecule has 2 aromatic carbocycles. The maximum atomic E-state index is 12.9. The Morgan fingerprint density at radius 1 is 0.806 bits per heavy atom. The number of nitrogens with zero attached hydrogens (tertiary/aromatic N) is 1. The van der Waals surface area contributed by atoms with Gasteiger partial charge >= 0.3 is 5.97 Å². The van der Waals surface area contributed by atoms with Crippen molar-refractivity contribution in [3.63, 3.8) is 0 Å². The Morgan fingerprint density at radius 2 is 1.39 bits per heavy atom. The third-order valence-electron chi connectivity index (χ3n) is 7.77. The first-order valence-electron chi connectivity index (χ1n) is 14.5. The molecule has 0 heterocycles. The number of carbonyl (C=O) groups is 1. The van der Waals surface area contributed by atoms with Gasteiger partial charge < -0.3 is 4.74 Å². The van der Waals surface area contributed by atoms with Crippen molar-refractivity contribution in [2.24, 2.45) is 5.92 Å². The highest BCUT2D eigenvalue weighted by molar-refractivity contribution is 5.76. The molecule has 1 aliphatic rings. The zero-order valence-electron chi connectivity index (χ0n) is 22.6. The van der Waals surface area contributed by atoms with E-state index in [4.69, 9.17) is 4.74 Å². The van der Waals surface area contributed by atoms with Crippen LogP contribution in [0.1, 0.15) is 125 Å². The summed E-state index contributed by atoms with van der Waals surface area (Å²) in [4.78, 5) is 12.9. The summed E-state index contributed by atoms with van der Waals surface area (Å²) >= 11 is 0. The molecule has 1 aliphatic carbocycles. The van der Waals surface area contributed by atoms with E-state index in [1.807, 2.05) is 12.1 Å². The summed E-state index contributed by atoms with van der Waals surface area (Å²) in [6.07, 6.45) is 17.3. The van der Waals surface area contributed by atoms with Gasteiger partial charge in [-0.15, -0.1) is 0 Å². The van der Waals surface area contributed by atoms with Crippen molar-refractivity contribution in [1.82, 2.24) is 0 Å². The first kappa shape index (κ1) is 28.0. The Labute approximate surface area is 219 Å². The molecular formula is C33H45NO2. The van der Waals surface area contributed by atoms with Crippen LogP contribution in [0, 0.1) is 17.2 Å². The highest BCUT2D eigenvalue weighted by Gasteiger charge is 2.29. The van der Waals surface area contributed by atoms with Gasteiger partial charge in [-0.05, 0) is 86.1 Å². The number of rotatable bonds is 14. The van der Waals surface area contributed by atoms with Crippen molar-refractivity contribution < 1.29 is 9.53 Å². The van der Waals surface area contributed by atoms with Gasteiger partial charge in [-0.25, -0.2) is 0 Å². The highest BCUT2D eigenvalue weighted by Crippen LogP contribution is 2.37. The number of hydrogen-bond donors (Lipinski definition) is 0. The number of hydrogen-bond acceptors (Lipinski definition) is 3. The third-order valence-corrected chi connectivity index (χ3v) is 7.77. The summed E-state index contributed by atoms with van der Waals surface area (Å²) in [5.41, 5.74) is 4.44. The lowest BCUT2D eigenvalue weighted by Crippen LogP contribution is -2.25. The van der Waals surface area contributed by atoms with Crippen LogP contribution in [0.3, 0.4) is 0 Å². The molecular weight excluding hydrogens is 442 g/mol. The molecule has 1 fully saturated rings. The molecule has 0 radical (unpaired) electrons. The summed E-state index contributed by atoms with van der Waals surface area (Å²) in [5.74, 6) is 0.668. The van der Waals surface area contributed by atoms with Crippen LogP contribution in [0.2, 0.25) is 0 Å². The number of benzene rings is 2. The van der Waals surface area contributed by atoms with E-state index >= 15 is 0 Å². The number of unbranched alkanes of at least 4 members (excludes halogenated alkanes) is 7. The van der Waals surface area contributed by atoms with E-state index in [0.717, 1.165) is 44.1 Å². The lowest BCUT2D eigenvalue weighted by atomic mass is 9.78. The topological polar surface area (TPSA) is 50.1 Å². The van der Waals surface area contributed by atoms with E-state index in [9.17, 15) is 10.1 Å². The van der Waals surface area contributed by atoms with Crippen molar-refractivity contribution in [3.8, 4) is 11.8 Å². The Balaban J connectivity index is 1.44. The van der Waals surface area contributed by atoms with Crippen LogP contribution < -0.4 is 4.74 Å². The van der Waals surface area contributed by atoms with E-state index in [0.29, 0.717) is 17.2 Å². The quantitative estimate of drug-likeness (QED) is 0.152. The Kier molecular flexibility index (Phi) is 12.0. The molecule has 0 saturated heterocycles. The molecule has 3 heteroatoms. The molecule has 0 amide bonds. The molecule has 0 atom stereocenters. The number of aryl methyl sites for hydroxylation is 2. The minimum absolute atomic E-state index is 0.0796. The summed E-state index contributed by atoms with van der Waals surface area (Å²) in [7, 11) is 0. The maximum absolute atomic E-state index is 12.9. The van der Waals surface area contributed by atoms with Gasteiger partial charge in [0.05, 0.1) is 11.5 Å². The van der Waals surface area contributed by atoms with Crippen LogP contribution in [-0.4, -0.2) is 5.97 Å². The van der Waals surface area contributed by atoms with Gasteiger partial charge in [-0.1, -0.05) is 89.1 Å². The van der Waals surface area contributed by atoms with Crippen molar-refractivity contribution >= 4 is 5.97 Å². The van der Waals surface area contributed by atoms with Gasteiger partial charge in [0.15, 0.2) is 0 Å². The van der Waals surface area contributed by atoms with Gasteiger partial charge in [0.25, 0.3) is 0 Å². The summed E-state index contributed by atoms with van der Waals surface area (Å²) in [5, 5.41) is 9.57. The van der Waals surface area contributed by atoms with E-state index in [1.165, 1.54) is 68.9 Å². The monoisotopic (exact) mass is 487 g/mol. The average molecular weight is 488 g/mol. The fourth-order valence-corrected chi connectivity index (χ4v) is 5.41. The molecule has 0 aromatic heterocycles. The first-order chi connectivity index (χ1) is 17.6. The SMILES string of the molecule is CCCCCCCCc1ccc(C2CCC(C(=O)Oc3ccc(CCCCC)cc3C#N)CC2)cc1. The van der Waals surface area contributed by atoms with Crippen LogP contribution in [0.15, 0.2) is 42.5 Å². The average Bonchev–Trinajstić information content (AvgIpc) is 2.92. The molecule has 3 nitrogen and oxygen atoms in total. The predicted molar refractivity (Wildman–Crippen MR) is 148 cm³/mol. The second-order valence-corrected chi connectivity index (χ2v) is 10.6. The van der Waals surface area contributed by atoms with E-state index in [-0.39, 0.29) is 11.9 Å². The van der Waals surface area contributed by atoms with Crippen molar-refractivity contribution in [1.29, 1.82) is 5.26 Å². The van der Waals surface area contributed by atoms with Crippen molar-refractivity contribution in [2.45, 2.75) is 116 Å². The standard InChI is InChI=1S/C33H45NO2/c1-3-5-7-8-9-11-12-26-14-17-28(18-15-26)29-19-21-30(22-20-29)33(35)36-32-23-16-27(13-10-6-4-2)24-31(32)25-34/h14-18,23-24,29-30H,3-13,19-22H2,1-2H3. The summed E-state index contributed by atoms with van der Waals surface area (Å²) in [6.45, 7) is 4.45. The van der Waals surface area contributed by atoms with E-state index < -0.39 is 0 Å². The van der Waals surface area contributed by atoms with Gasteiger partial charge in [0.1, 0.15) is 11.8 Å². The maximum Gasteiger partial charge on any atom is 0.314 e. The smallest absolute Gasteiger partial charge is 0.314 e. The molecule has 0 N–H and O–H groups in total. The van der Waals surface area contributed by atoms with Crippen LogP contribution in [-0.2, 0) is 17.6 Å². The Hall–Kier alpha value is -2.60. The fraction of sp³-hybridized carbons (Fsp3) is 0.576. The largest absolute Gasteiger partial charge is 0.425 e. The minimum Gasteiger partial charge on any atom is -0.425 e. The van der Waals surface area contributed by atoms with Crippen LogP contribution >= 0.6 is 0 Å². The highest BCUT2D eigenvalue weighted by atomic mass is 16.5. The van der Waals surface area contributed by atoms with Gasteiger partial charge in [-0.2, -0.15) is 5.26 Å². The van der Waals surface area contributed by atoms with Gasteiger partial charge in [0.2, 0.25) is 0 Å². The number of esters is 1. The summed E-state index contributed by atoms with van der Waals surface area (Å²) < 4.78 is 5.72. The Morgan fingerprint density at radius 3 is 2.08 bits per heavy atom. The minimum atomic E-state index is -0.182. The van der Waals surface area contributed by atoms with E-state index in [2.05, 4.69) is 44.2 Å². The lowest BCUT2D eigenvalue weighted by molar-refractivity contribution is -0.140. The second-order valence-electron chi connectivity index (χ2n) is 10.6. The lowest BCUT2D eigenvalue weighted by Gasteiger charge is -2.27. The molecule has 1 saturated carbocycles. The molecule has 0 unspecified atom stereocenters. The molecule has 36 heavy (non-hydrogen) atoms. The second kappa shape index (κ2) is 15.5. The van der Waals surface area contributed by atoms with Crippen LogP contribution in [0.25, 0.3) is 0 Å². The molecule has 3 rings (SSSR count). The van der Waals surface area contributed by atoms with Gasteiger partial charge in [0, 0.05) is 0 Å². The number of nitriles is 1. The van der Waals surface area contributed by atoms with Crippen LogP contribution in [0.5, 0.6) is 5.75 Å². The zero-order chi connectivity index (χ0) is 25.6. The molecule has 194 valence electrons. The van der Waals surface area contributed by atoms with Crippen molar-refractivity contribution in [2.75, 3.05) is 0 Å².